The average Bonchev–Trinajstić information content (AvgIpc) is 3.45. The van der Waals surface area contributed by atoms with Crippen molar-refractivity contribution >= 4 is 29.9 Å². The van der Waals surface area contributed by atoms with E-state index in [1.807, 2.05) is 7.05 Å². The maximum atomic E-state index is 5.60. The lowest BCUT2D eigenvalue weighted by Crippen LogP contribution is -2.61. The highest BCUT2D eigenvalue weighted by molar-refractivity contribution is 14.0. The molecule has 0 aromatic heterocycles. The topological polar surface area (TPSA) is 52.1 Å². The van der Waals surface area contributed by atoms with Crippen LogP contribution in [0.25, 0.3) is 0 Å². The van der Waals surface area contributed by atoms with Gasteiger partial charge in [0.25, 0.3) is 0 Å². The summed E-state index contributed by atoms with van der Waals surface area (Å²) in [4.78, 5) is 9.88. The fraction of sp³-hybridized carbons (Fsp3) is 0.950. The fourth-order valence-corrected chi connectivity index (χ4v) is 5.17. The first-order valence-electron chi connectivity index (χ1n) is 10.8. The van der Waals surface area contributed by atoms with Crippen LogP contribution in [0.5, 0.6) is 0 Å². The summed E-state index contributed by atoms with van der Waals surface area (Å²) in [5.41, 5.74) is 0.287. The predicted molar refractivity (Wildman–Crippen MR) is 121 cm³/mol. The van der Waals surface area contributed by atoms with Gasteiger partial charge in [-0.15, -0.1) is 24.0 Å². The molecule has 2 saturated heterocycles. The van der Waals surface area contributed by atoms with Gasteiger partial charge in [0.15, 0.2) is 5.96 Å². The zero-order valence-electron chi connectivity index (χ0n) is 16.9. The van der Waals surface area contributed by atoms with Gasteiger partial charge in [-0.2, -0.15) is 0 Å². The van der Waals surface area contributed by atoms with Crippen LogP contribution in [0.1, 0.15) is 51.4 Å². The molecule has 27 heavy (non-hydrogen) atoms. The minimum absolute atomic E-state index is 0. The lowest BCUT2D eigenvalue weighted by Gasteiger charge is -2.48. The first-order chi connectivity index (χ1) is 12.8. The maximum absolute atomic E-state index is 5.60. The summed E-state index contributed by atoms with van der Waals surface area (Å²) < 4.78 is 5.60. The van der Waals surface area contributed by atoms with Crippen LogP contribution in [0.15, 0.2) is 4.99 Å². The van der Waals surface area contributed by atoms with Gasteiger partial charge in [0, 0.05) is 57.4 Å². The number of nitrogens with one attached hydrogen (secondary N) is 2. The number of morpholine rings is 1. The van der Waals surface area contributed by atoms with Gasteiger partial charge in [-0.3, -0.25) is 14.8 Å². The monoisotopic (exact) mass is 491 g/mol. The predicted octanol–water partition coefficient (Wildman–Crippen LogP) is 2.04. The number of hydrogen-bond donors (Lipinski definition) is 2. The highest BCUT2D eigenvalue weighted by Gasteiger charge is 2.39. The Morgan fingerprint density at radius 2 is 1.81 bits per heavy atom. The molecule has 0 aromatic rings. The molecule has 4 aliphatic rings. The van der Waals surface area contributed by atoms with Crippen molar-refractivity contribution in [1.29, 1.82) is 0 Å². The van der Waals surface area contributed by atoms with E-state index in [1.54, 1.807) is 0 Å². The van der Waals surface area contributed by atoms with E-state index in [2.05, 4.69) is 25.4 Å². The molecule has 0 radical (unpaired) electrons. The Morgan fingerprint density at radius 3 is 2.48 bits per heavy atom. The van der Waals surface area contributed by atoms with Gasteiger partial charge in [-0.25, -0.2) is 0 Å². The van der Waals surface area contributed by atoms with Gasteiger partial charge in [-0.1, -0.05) is 19.3 Å². The molecule has 2 saturated carbocycles. The van der Waals surface area contributed by atoms with Gasteiger partial charge < -0.3 is 15.4 Å². The number of ether oxygens (including phenoxy) is 1. The van der Waals surface area contributed by atoms with Crippen LogP contribution in [0.3, 0.4) is 0 Å². The normalized spacial score (nSPS) is 30.0. The van der Waals surface area contributed by atoms with E-state index < -0.39 is 0 Å². The molecule has 0 spiro atoms. The Bertz CT molecular complexity index is 487. The number of nitrogens with zero attached hydrogens (tertiary/aromatic N) is 3. The zero-order chi connectivity index (χ0) is 17.8. The van der Waals surface area contributed by atoms with Crippen LogP contribution < -0.4 is 10.6 Å². The Labute approximate surface area is 181 Å². The van der Waals surface area contributed by atoms with E-state index in [9.17, 15) is 0 Å². The summed E-state index contributed by atoms with van der Waals surface area (Å²) in [6.07, 6.45) is 10.7. The van der Waals surface area contributed by atoms with Crippen LogP contribution >= 0.6 is 24.0 Å². The molecule has 0 bridgehead atoms. The Morgan fingerprint density at radius 1 is 1.07 bits per heavy atom. The Kier molecular flexibility index (Phi) is 8.05. The van der Waals surface area contributed by atoms with Crippen molar-refractivity contribution in [3.63, 3.8) is 0 Å². The van der Waals surface area contributed by atoms with Gasteiger partial charge >= 0.3 is 0 Å². The van der Waals surface area contributed by atoms with Crippen LogP contribution in [0.4, 0.5) is 0 Å². The maximum Gasteiger partial charge on any atom is 0.191 e. The molecule has 7 heteroatoms. The number of aliphatic imine (C=N–C) groups is 1. The highest BCUT2D eigenvalue weighted by Crippen LogP contribution is 2.34. The van der Waals surface area contributed by atoms with Crippen LogP contribution in [-0.4, -0.2) is 86.4 Å². The third-order valence-corrected chi connectivity index (χ3v) is 6.90. The zero-order valence-corrected chi connectivity index (χ0v) is 19.2. The second-order valence-corrected chi connectivity index (χ2v) is 8.67. The van der Waals surface area contributed by atoms with Crippen LogP contribution in [0, 0.1) is 0 Å². The van der Waals surface area contributed by atoms with Crippen molar-refractivity contribution in [1.82, 2.24) is 20.4 Å². The van der Waals surface area contributed by atoms with Crippen molar-refractivity contribution in [3.05, 3.63) is 0 Å². The van der Waals surface area contributed by atoms with Crippen molar-refractivity contribution < 1.29 is 4.74 Å². The van der Waals surface area contributed by atoms with Crippen LogP contribution in [0.2, 0.25) is 0 Å². The average molecular weight is 491 g/mol. The molecule has 2 aliphatic heterocycles. The van der Waals surface area contributed by atoms with Crippen molar-refractivity contribution in [2.45, 2.75) is 69.0 Å². The summed E-state index contributed by atoms with van der Waals surface area (Å²) >= 11 is 0. The molecule has 2 aliphatic carbocycles. The van der Waals surface area contributed by atoms with Crippen molar-refractivity contribution in [3.8, 4) is 0 Å². The number of likely N-dealkylation sites (tertiary alicyclic amines) is 1. The molecular weight excluding hydrogens is 453 g/mol. The quantitative estimate of drug-likeness (QED) is 0.350. The Hall–Kier alpha value is -0.120. The first-order valence-corrected chi connectivity index (χ1v) is 10.8. The molecular formula is C20H38IN5O. The number of rotatable bonds is 5. The van der Waals surface area contributed by atoms with E-state index in [-0.39, 0.29) is 29.5 Å². The van der Waals surface area contributed by atoms with Gasteiger partial charge in [0.05, 0.1) is 13.2 Å². The SMILES string of the molecule is CN=C(NCC1(N2CCOCC2)CCCCC1)NC1CCN(C2CC2)C1.I. The molecule has 156 valence electrons. The Balaban J connectivity index is 0.00000210. The highest BCUT2D eigenvalue weighted by atomic mass is 127. The molecule has 1 atom stereocenters. The molecule has 4 rings (SSSR count). The fourth-order valence-electron chi connectivity index (χ4n) is 5.17. The van der Waals surface area contributed by atoms with Crippen molar-refractivity contribution in [2.75, 3.05) is 53.0 Å². The molecule has 0 aromatic carbocycles. The van der Waals surface area contributed by atoms with Crippen molar-refractivity contribution in [2.24, 2.45) is 4.99 Å². The van der Waals surface area contributed by atoms with E-state index in [0.29, 0.717) is 6.04 Å². The molecule has 2 N–H and O–H groups in total. The molecule has 1 unspecified atom stereocenters. The second kappa shape index (κ2) is 10.1. The number of hydrogen-bond acceptors (Lipinski definition) is 4. The van der Waals surface area contributed by atoms with Gasteiger partial charge in [0.2, 0.25) is 0 Å². The third kappa shape index (κ3) is 5.48. The van der Waals surface area contributed by atoms with E-state index in [1.165, 1.54) is 64.5 Å². The summed E-state index contributed by atoms with van der Waals surface area (Å²) in [5.74, 6) is 0.992. The van der Waals surface area contributed by atoms with Gasteiger partial charge in [0.1, 0.15) is 0 Å². The smallest absolute Gasteiger partial charge is 0.191 e. The minimum Gasteiger partial charge on any atom is -0.379 e. The molecule has 4 fully saturated rings. The lowest BCUT2D eigenvalue weighted by molar-refractivity contribution is -0.0352. The largest absolute Gasteiger partial charge is 0.379 e. The van der Waals surface area contributed by atoms with Gasteiger partial charge in [-0.05, 0) is 32.1 Å². The van der Waals surface area contributed by atoms with Crippen LogP contribution in [-0.2, 0) is 4.74 Å². The third-order valence-electron chi connectivity index (χ3n) is 6.90. The molecule has 0 amide bonds. The van der Waals surface area contributed by atoms with E-state index in [0.717, 1.165) is 44.8 Å². The standard InChI is InChI=1S/C20H37N5O.HI/c1-21-19(23-17-7-10-24(15-17)18-5-6-18)22-16-20(8-3-2-4-9-20)25-11-13-26-14-12-25;/h17-18H,2-16H2,1H3,(H2,21,22,23);1H. The number of guanidine groups is 1. The summed E-state index contributed by atoms with van der Waals surface area (Å²) in [5, 5.41) is 7.39. The van der Waals surface area contributed by atoms with E-state index >= 15 is 0 Å². The summed E-state index contributed by atoms with van der Waals surface area (Å²) in [6.45, 7) is 7.35. The van der Waals surface area contributed by atoms with E-state index in [4.69, 9.17) is 4.74 Å². The number of halogens is 1. The molecule has 2 heterocycles. The summed E-state index contributed by atoms with van der Waals surface area (Å²) in [6, 6.07) is 1.43. The minimum atomic E-state index is 0. The molecule has 6 nitrogen and oxygen atoms in total. The second-order valence-electron chi connectivity index (χ2n) is 8.67. The lowest BCUT2D eigenvalue weighted by atomic mass is 9.80. The first kappa shape index (κ1) is 21.6. The summed E-state index contributed by atoms with van der Waals surface area (Å²) in [7, 11) is 1.91.